The fourth-order valence-corrected chi connectivity index (χ4v) is 3.30. The van der Waals surface area contributed by atoms with Gasteiger partial charge in [-0.2, -0.15) is 0 Å². The van der Waals surface area contributed by atoms with Gasteiger partial charge in [-0.25, -0.2) is 9.78 Å². The fraction of sp³-hybridized carbons (Fsp3) is 0.278. The third-order valence-corrected chi connectivity index (χ3v) is 4.58. The molecule has 26 heavy (non-hydrogen) atoms. The van der Waals surface area contributed by atoms with E-state index in [4.69, 9.17) is 4.74 Å². The predicted molar refractivity (Wildman–Crippen MR) is 101 cm³/mol. The number of rotatable bonds is 7. The Morgan fingerprint density at radius 3 is 3.00 bits per heavy atom. The molecule has 136 valence electrons. The van der Waals surface area contributed by atoms with Crippen molar-refractivity contribution in [3.8, 4) is 0 Å². The van der Waals surface area contributed by atoms with Gasteiger partial charge in [0.2, 0.25) is 5.91 Å². The number of para-hydroxylation sites is 1. The molecule has 0 spiro atoms. The molecule has 7 nitrogen and oxygen atoms in total. The number of hydrogen-bond acceptors (Lipinski definition) is 5. The molecule has 0 aliphatic carbocycles. The first-order valence-electron chi connectivity index (χ1n) is 8.35. The molecule has 1 aromatic carbocycles. The van der Waals surface area contributed by atoms with Crippen molar-refractivity contribution in [2.24, 2.45) is 0 Å². The lowest BCUT2D eigenvalue weighted by atomic mass is 10.1. The first-order valence-corrected chi connectivity index (χ1v) is 9.23. The molecule has 0 aliphatic rings. The molecule has 0 aliphatic heterocycles. The second-order valence-corrected chi connectivity index (χ2v) is 6.48. The molecule has 0 fully saturated rings. The molecule has 0 bridgehead atoms. The summed E-state index contributed by atoms with van der Waals surface area (Å²) in [6.07, 6.45) is 2.36. The van der Waals surface area contributed by atoms with Crippen LogP contribution in [0.4, 0.5) is 9.93 Å². The van der Waals surface area contributed by atoms with Crippen molar-refractivity contribution in [2.75, 3.05) is 18.5 Å². The van der Waals surface area contributed by atoms with Crippen LogP contribution >= 0.6 is 11.3 Å². The van der Waals surface area contributed by atoms with Crippen LogP contribution in [0.3, 0.4) is 0 Å². The number of nitrogens with one attached hydrogen (secondary N) is 3. The molecular formula is C18H20N4O3S. The van der Waals surface area contributed by atoms with E-state index in [-0.39, 0.29) is 12.3 Å². The summed E-state index contributed by atoms with van der Waals surface area (Å²) in [5.41, 5.74) is 2.89. The number of carbonyl (C=O) groups excluding carboxylic acids is 2. The molecule has 0 saturated carbocycles. The first kappa shape index (κ1) is 17.9. The van der Waals surface area contributed by atoms with Gasteiger partial charge >= 0.3 is 6.09 Å². The number of benzene rings is 1. The molecule has 2 amide bonds. The molecule has 0 radical (unpaired) electrons. The number of thiazole rings is 1. The Kier molecular flexibility index (Phi) is 5.85. The Labute approximate surface area is 154 Å². The number of H-pyrrole nitrogens is 1. The van der Waals surface area contributed by atoms with E-state index in [1.54, 1.807) is 12.3 Å². The van der Waals surface area contributed by atoms with Crippen LogP contribution in [0.5, 0.6) is 0 Å². The standard InChI is InChI=1S/C18H20N4O3S/c1-2-25-18(24)22-17-21-13(11-26-17)9-16(23)19-8-7-12-10-20-15-6-4-3-5-14(12)15/h3-6,10-11,20H,2,7-9H2,1H3,(H,19,23)(H,21,22,24). The van der Waals surface area contributed by atoms with Crippen molar-refractivity contribution >= 4 is 39.4 Å². The quantitative estimate of drug-likeness (QED) is 0.594. The maximum atomic E-state index is 12.1. The lowest BCUT2D eigenvalue weighted by Crippen LogP contribution is -2.27. The number of carbonyl (C=O) groups is 2. The molecule has 3 N–H and O–H groups in total. The third-order valence-electron chi connectivity index (χ3n) is 3.77. The monoisotopic (exact) mass is 372 g/mol. The largest absolute Gasteiger partial charge is 0.450 e. The van der Waals surface area contributed by atoms with Crippen LogP contribution in [0, 0.1) is 0 Å². The number of aromatic amines is 1. The Morgan fingerprint density at radius 2 is 2.15 bits per heavy atom. The highest BCUT2D eigenvalue weighted by molar-refractivity contribution is 7.13. The lowest BCUT2D eigenvalue weighted by molar-refractivity contribution is -0.120. The maximum Gasteiger partial charge on any atom is 0.413 e. The van der Waals surface area contributed by atoms with Crippen LogP contribution in [-0.4, -0.2) is 35.1 Å². The molecule has 0 atom stereocenters. The van der Waals surface area contributed by atoms with Crippen LogP contribution in [0.1, 0.15) is 18.2 Å². The summed E-state index contributed by atoms with van der Waals surface area (Å²) in [6, 6.07) is 8.09. The van der Waals surface area contributed by atoms with Crippen LogP contribution < -0.4 is 10.6 Å². The molecule has 0 saturated heterocycles. The van der Waals surface area contributed by atoms with Crippen molar-refractivity contribution in [3.05, 3.63) is 47.1 Å². The number of ether oxygens (including phenoxy) is 1. The zero-order valence-electron chi connectivity index (χ0n) is 14.4. The number of nitrogens with zero attached hydrogens (tertiary/aromatic N) is 1. The summed E-state index contributed by atoms with van der Waals surface area (Å²) >= 11 is 1.26. The zero-order chi connectivity index (χ0) is 18.4. The highest BCUT2D eigenvalue weighted by Gasteiger charge is 2.10. The van der Waals surface area contributed by atoms with Crippen molar-refractivity contribution in [1.29, 1.82) is 0 Å². The molecule has 2 aromatic heterocycles. The molecule has 8 heteroatoms. The maximum absolute atomic E-state index is 12.1. The van der Waals surface area contributed by atoms with Gasteiger partial charge in [-0.1, -0.05) is 18.2 Å². The van der Waals surface area contributed by atoms with E-state index < -0.39 is 6.09 Å². The van der Waals surface area contributed by atoms with E-state index in [0.717, 1.165) is 11.9 Å². The van der Waals surface area contributed by atoms with Gasteiger partial charge in [-0.3, -0.25) is 10.1 Å². The van der Waals surface area contributed by atoms with Gasteiger partial charge in [0, 0.05) is 29.0 Å². The van der Waals surface area contributed by atoms with Gasteiger partial charge in [-0.05, 0) is 25.0 Å². The van der Waals surface area contributed by atoms with E-state index in [9.17, 15) is 9.59 Å². The van der Waals surface area contributed by atoms with Gasteiger partial charge in [0.25, 0.3) is 0 Å². The van der Waals surface area contributed by atoms with Crippen molar-refractivity contribution in [1.82, 2.24) is 15.3 Å². The van der Waals surface area contributed by atoms with Crippen molar-refractivity contribution in [2.45, 2.75) is 19.8 Å². The smallest absolute Gasteiger partial charge is 0.413 e. The van der Waals surface area contributed by atoms with E-state index >= 15 is 0 Å². The van der Waals surface area contributed by atoms with E-state index in [2.05, 4.69) is 26.7 Å². The first-order chi connectivity index (χ1) is 12.7. The predicted octanol–water partition coefficient (Wildman–Crippen LogP) is 3.09. The van der Waals surface area contributed by atoms with Crippen molar-refractivity contribution < 1.29 is 14.3 Å². The summed E-state index contributed by atoms with van der Waals surface area (Å²) < 4.78 is 4.79. The van der Waals surface area contributed by atoms with Crippen LogP contribution in [0.2, 0.25) is 0 Å². The molecule has 2 heterocycles. The number of amides is 2. The van der Waals surface area contributed by atoms with Crippen molar-refractivity contribution in [3.63, 3.8) is 0 Å². The minimum Gasteiger partial charge on any atom is -0.450 e. The Hall–Kier alpha value is -2.87. The molecule has 3 aromatic rings. The topological polar surface area (TPSA) is 96.1 Å². The summed E-state index contributed by atoms with van der Waals surface area (Å²) in [4.78, 5) is 30.9. The average Bonchev–Trinajstić information content (AvgIpc) is 3.22. The molecule has 0 unspecified atom stereocenters. The summed E-state index contributed by atoms with van der Waals surface area (Å²) in [5.74, 6) is -0.0992. The van der Waals surface area contributed by atoms with E-state index in [1.165, 1.54) is 22.3 Å². The van der Waals surface area contributed by atoms with E-state index in [0.29, 0.717) is 24.0 Å². The van der Waals surface area contributed by atoms with Gasteiger partial charge in [0.1, 0.15) is 0 Å². The number of anilines is 1. The van der Waals surface area contributed by atoms with Gasteiger partial charge in [0.05, 0.1) is 18.7 Å². The second-order valence-electron chi connectivity index (χ2n) is 5.63. The molecule has 3 rings (SSSR count). The zero-order valence-corrected chi connectivity index (χ0v) is 15.2. The van der Waals surface area contributed by atoms with Crippen LogP contribution in [0.15, 0.2) is 35.8 Å². The normalized spacial score (nSPS) is 10.7. The van der Waals surface area contributed by atoms with Crippen LogP contribution in [0.25, 0.3) is 10.9 Å². The SMILES string of the molecule is CCOC(=O)Nc1nc(CC(=O)NCCc2c[nH]c3ccccc23)cs1. The average molecular weight is 372 g/mol. The fourth-order valence-electron chi connectivity index (χ4n) is 2.60. The second kappa shape index (κ2) is 8.48. The Morgan fingerprint density at radius 1 is 1.31 bits per heavy atom. The number of aromatic nitrogens is 2. The Bertz CT molecular complexity index is 903. The summed E-state index contributed by atoms with van der Waals surface area (Å²) in [6.45, 7) is 2.58. The minimum absolute atomic E-state index is 0.0992. The third kappa shape index (κ3) is 4.60. The molecular weight excluding hydrogens is 352 g/mol. The minimum atomic E-state index is -0.545. The number of fused-ring (bicyclic) bond motifs is 1. The number of hydrogen-bond donors (Lipinski definition) is 3. The highest BCUT2D eigenvalue weighted by Crippen LogP contribution is 2.18. The summed E-state index contributed by atoms with van der Waals surface area (Å²) in [7, 11) is 0. The highest BCUT2D eigenvalue weighted by atomic mass is 32.1. The van der Waals surface area contributed by atoms with Crippen LogP contribution in [-0.2, 0) is 22.4 Å². The van der Waals surface area contributed by atoms with E-state index in [1.807, 2.05) is 24.4 Å². The van der Waals surface area contributed by atoms with Gasteiger partial charge in [0.15, 0.2) is 5.13 Å². The summed E-state index contributed by atoms with van der Waals surface area (Å²) in [5, 5.41) is 8.78. The Balaban J connectivity index is 1.46. The van der Waals surface area contributed by atoms with Gasteiger partial charge in [-0.15, -0.1) is 11.3 Å². The lowest BCUT2D eigenvalue weighted by Gasteiger charge is -2.04. The van der Waals surface area contributed by atoms with Gasteiger partial charge < -0.3 is 15.0 Å².